The van der Waals surface area contributed by atoms with Crippen molar-refractivity contribution < 1.29 is 23.3 Å². The Kier molecular flexibility index (Phi) is 3.41. The number of nitrogens with zero attached hydrogens (tertiary/aromatic N) is 2. The molecule has 0 saturated heterocycles. The van der Waals surface area contributed by atoms with Crippen molar-refractivity contribution >= 4 is 0 Å². The van der Waals surface area contributed by atoms with E-state index < -0.39 is 5.82 Å². The van der Waals surface area contributed by atoms with E-state index in [0.717, 1.165) is 6.20 Å². The van der Waals surface area contributed by atoms with Crippen LogP contribution in [0.2, 0.25) is 0 Å². The van der Waals surface area contributed by atoms with Gasteiger partial charge in [-0.2, -0.15) is 0 Å². The zero-order chi connectivity index (χ0) is 5.11. The predicted octanol–water partition coefficient (Wildman–Crippen LogP) is -2.58. The van der Waals surface area contributed by atoms with Crippen LogP contribution < -0.4 is 18.9 Å². The molecule has 1 aromatic heterocycles. The molecule has 0 saturated carbocycles. The van der Waals surface area contributed by atoms with Gasteiger partial charge in [0.15, 0.2) is 0 Å². The number of halogens is 1. The van der Waals surface area contributed by atoms with Crippen molar-refractivity contribution in [3.05, 3.63) is 24.5 Å². The maximum absolute atomic E-state index is 11.7. The van der Waals surface area contributed by atoms with Crippen LogP contribution in [0.15, 0.2) is 12.5 Å². The van der Waals surface area contributed by atoms with Crippen molar-refractivity contribution in [2.24, 2.45) is 0 Å². The Morgan fingerprint density at radius 1 is 1.62 bits per heavy atom. The molecule has 0 amide bonds. The molecule has 1 aromatic rings. The van der Waals surface area contributed by atoms with Gasteiger partial charge in [-0.3, -0.25) is 0 Å². The maximum atomic E-state index is 11.7. The molecular formula is C4H2FLiN2. The monoisotopic (exact) mass is 104 g/mol. The van der Waals surface area contributed by atoms with Crippen LogP contribution in [0.25, 0.3) is 0 Å². The van der Waals surface area contributed by atoms with E-state index >= 15 is 0 Å². The van der Waals surface area contributed by atoms with Crippen LogP contribution in [0.5, 0.6) is 0 Å². The van der Waals surface area contributed by atoms with Gasteiger partial charge >= 0.3 is 18.9 Å². The average Bonchev–Trinajstić information content (AvgIpc) is 1.69. The quantitative estimate of drug-likeness (QED) is 0.267. The zero-order valence-corrected chi connectivity index (χ0v) is 4.43. The third kappa shape index (κ3) is 2.06. The molecule has 0 atom stereocenters. The van der Waals surface area contributed by atoms with E-state index in [2.05, 4.69) is 16.2 Å². The minimum Gasteiger partial charge on any atom is -0.373 e. The Balaban J connectivity index is 0.000000490. The van der Waals surface area contributed by atoms with Crippen molar-refractivity contribution in [3.8, 4) is 0 Å². The second kappa shape index (κ2) is 3.59. The van der Waals surface area contributed by atoms with Crippen molar-refractivity contribution in [2.75, 3.05) is 0 Å². The van der Waals surface area contributed by atoms with Crippen molar-refractivity contribution in [2.45, 2.75) is 0 Å². The van der Waals surface area contributed by atoms with E-state index in [1.165, 1.54) is 6.33 Å². The van der Waals surface area contributed by atoms with Gasteiger partial charge in [0.25, 0.3) is 0 Å². The molecule has 0 radical (unpaired) electrons. The number of hydrogen-bond donors (Lipinski definition) is 0. The Morgan fingerprint density at radius 2 is 2.38 bits per heavy atom. The van der Waals surface area contributed by atoms with Crippen LogP contribution in [0, 0.1) is 12.0 Å². The minimum absolute atomic E-state index is 0. The summed E-state index contributed by atoms with van der Waals surface area (Å²) in [5.74, 6) is -0.525. The third-order valence-electron chi connectivity index (χ3n) is 0.484. The van der Waals surface area contributed by atoms with E-state index in [4.69, 9.17) is 0 Å². The van der Waals surface area contributed by atoms with Crippen molar-refractivity contribution in [3.63, 3.8) is 0 Å². The first-order valence-corrected chi connectivity index (χ1v) is 1.73. The molecule has 8 heavy (non-hydrogen) atoms. The molecule has 2 nitrogen and oxygen atoms in total. The summed E-state index contributed by atoms with van der Waals surface area (Å²) < 4.78 is 11.7. The fourth-order valence-corrected chi connectivity index (χ4v) is 0.252. The van der Waals surface area contributed by atoms with Crippen molar-refractivity contribution in [1.82, 2.24) is 9.97 Å². The van der Waals surface area contributed by atoms with Crippen LogP contribution in [0.3, 0.4) is 0 Å². The third-order valence-corrected chi connectivity index (χ3v) is 0.484. The fourth-order valence-electron chi connectivity index (χ4n) is 0.252. The van der Waals surface area contributed by atoms with Crippen LogP contribution in [-0.4, -0.2) is 9.97 Å². The molecule has 0 aliphatic rings. The van der Waals surface area contributed by atoms with E-state index in [-0.39, 0.29) is 18.9 Å². The molecule has 36 valence electrons. The van der Waals surface area contributed by atoms with Gasteiger partial charge in [-0.05, 0) is 18.7 Å². The van der Waals surface area contributed by atoms with Crippen LogP contribution in [0.1, 0.15) is 0 Å². The maximum Gasteiger partial charge on any atom is 1.00 e. The minimum atomic E-state index is -0.525. The summed E-state index contributed by atoms with van der Waals surface area (Å²) in [5, 5.41) is 0. The number of hydrogen-bond acceptors (Lipinski definition) is 2. The van der Waals surface area contributed by atoms with Gasteiger partial charge in [0, 0.05) is 5.82 Å². The summed E-state index contributed by atoms with van der Waals surface area (Å²) >= 11 is 0. The zero-order valence-electron chi connectivity index (χ0n) is 4.43. The first-order chi connectivity index (χ1) is 3.39. The second-order valence-electron chi connectivity index (χ2n) is 0.982. The molecule has 1 rings (SSSR count). The molecule has 4 heteroatoms. The molecule has 0 aliphatic carbocycles. The van der Waals surface area contributed by atoms with Crippen LogP contribution in [0.4, 0.5) is 4.39 Å². The molecule has 0 aliphatic heterocycles. The summed E-state index contributed by atoms with van der Waals surface area (Å²) in [7, 11) is 0. The summed E-state index contributed by atoms with van der Waals surface area (Å²) in [4.78, 5) is 6.64. The SMILES string of the molecule is Fc1[c-]ncnc1.[Li+]. The molecule has 0 fully saturated rings. The van der Waals surface area contributed by atoms with Crippen LogP contribution in [-0.2, 0) is 0 Å². The topological polar surface area (TPSA) is 25.8 Å². The van der Waals surface area contributed by atoms with Gasteiger partial charge in [0.2, 0.25) is 0 Å². The summed E-state index contributed by atoms with van der Waals surface area (Å²) in [6, 6.07) is 0. The molecule has 1 heterocycles. The predicted molar refractivity (Wildman–Crippen MR) is 20.8 cm³/mol. The molecule has 0 N–H and O–H groups in total. The van der Waals surface area contributed by atoms with Gasteiger partial charge in [0.1, 0.15) is 0 Å². The van der Waals surface area contributed by atoms with Gasteiger partial charge in [-0.1, -0.05) is 0 Å². The average molecular weight is 104 g/mol. The van der Waals surface area contributed by atoms with Gasteiger partial charge in [0.05, 0.1) is 0 Å². The first-order valence-electron chi connectivity index (χ1n) is 1.73. The van der Waals surface area contributed by atoms with Gasteiger partial charge < -0.3 is 9.97 Å². The molecule has 0 spiro atoms. The van der Waals surface area contributed by atoms with Crippen molar-refractivity contribution in [1.29, 1.82) is 0 Å². The Bertz CT molecular complexity index is 144. The fraction of sp³-hybridized carbons (Fsp3) is 0. The molecule has 0 aromatic carbocycles. The van der Waals surface area contributed by atoms with Gasteiger partial charge in [-0.15, -0.1) is 0 Å². The number of aromatic nitrogens is 2. The summed E-state index contributed by atoms with van der Waals surface area (Å²) in [6.07, 6.45) is 4.33. The smallest absolute Gasteiger partial charge is 0.373 e. The standard InChI is InChI=1S/C4H2FN2.Li/c5-4-1-6-3-7-2-4;/h1,3H;/q-1;+1. The number of rotatable bonds is 0. The van der Waals surface area contributed by atoms with Gasteiger partial charge in [-0.25, -0.2) is 4.39 Å². The molecule has 0 unspecified atom stereocenters. The van der Waals surface area contributed by atoms with Crippen LogP contribution >= 0.6 is 0 Å². The Morgan fingerprint density at radius 3 is 2.62 bits per heavy atom. The van der Waals surface area contributed by atoms with E-state index in [1.807, 2.05) is 0 Å². The summed E-state index contributed by atoms with van der Waals surface area (Å²) in [5.41, 5.74) is 0. The first kappa shape index (κ1) is 7.61. The van der Waals surface area contributed by atoms with E-state index in [1.54, 1.807) is 0 Å². The molecular weight excluding hydrogens is 102 g/mol. The summed E-state index contributed by atoms with van der Waals surface area (Å²) in [6.45, 7) is 0. The second-order valence-corrected chi connectivity index (χ2v) is 0.982. The Hall–Kier alpha value is -0.393. The Labute approximate surface area is 58.3 Å². The normalized spacial score (nSPS) is 7.62. The van der Waals surface area contributed by atoms with E-state index in [0.29, 0.717) is 0 Å². The molecule has 0 bridgehead atoms. The largest absolute Gasteiger partial charge is 1.00 e. The van der Waals surface area contributed by atoms with E-state index in [9.17, 15) is 4.39 Å².